The Morgan fingerprint density at radius 1 is 1.44 bits per heavy atom. The number of aliphatic imine (C=N–C) groups is 1. The Bertz CT molecular complexity index is 540. The molecular formula is C18H31N5OS. The number of unbranched alkanes of at least 4 members (excludes halogenated alkanes) is 1. The third-order valence-corrected chi connectivity index (χ3v) is 4.82. The van der Waals surface area contributed by atoms with Crippen molar-refractivity contribution in [2.24, 2.45) is 4.99 Å². The van der Waals surface area contributed by atoms with Crippen LogP contribution in [0.25, 0.3) is 0 Å². The van der Waals surface area contributed by atoms with Crippen LogP contribution in [0, 0.1) is 0 Å². The molecule has 1 aliphatic rings. The maximum atomic E-state index is 5.61. The first-order valence-corrected chi connectivity index (χ1v) is 10.4. The van der Waals surface area contributed by atoms with Crippen molar-refractivity contribution in [1.82, 2.24) is 15.6 Å². The second kappa shape index (κ2) is 11.2. The van der Waals surface area contributed by atoms with Gasteiger partial charge < -0.3 is 20.3 Å². The van der Waals surface area contributed by atoms with Crippen molar-refractivity contribution in [3.05, 3.63) is 23.9 Å². The molecular weight excluding hydrogens is 334 g/mol. The summed E-state index contributed by atoms with van der Waals surface area (Å²) < 4.78 is 5.61. The van der Waals surface area contributed by atoms with Crippen LogP contribution in [0.1, 0.15) is 25.3 Å². The molecule has 25 heavy (non-hydrogen) atoms. The van der Waals surface area contributed by atoms with Gasteiger partial charge in [0, 0.05) is 39.4 Å². The lowest BCUT2D eigenvalue weighted by Gasteiger charge is -2.32. The highest BCUT2D eigenvalue weighted by Gasteiger charge is 2.17. The molecule has 0 spiro atoms. The van der Waals surface area contributed by atoms with Gasteiger partial charge in [-0.05, 0) is 49.5 Å². The quantitative estimate of drug-likeness (QED) is 0.418. The van der Waals surface area contributed by atoms with E-state index < -0.39 is 0 Å². The van der Waals surface area contributed by atoms with Gasteiger partial charge >= 0.3 is 0 Å². The molecule has 1 saturated heterocycles. The fraction of sp³-hybridized carbons (Fsp3) is 0.667. The maximum Gasteiger partial charge on any atom is 0.191 e. The van der Waals surface area contributed by atoms with Crippen LogP contribution in [-0.4, -0.2) is 62.3 Å². The molecule has 6 nitrogen and oxygen atoms in total. The molecule has 2 rings (SSSR count). The van der Waals surface area contributed by atoms with Gasteiger partial charge in [0.05, 0.1) is 12.7 Å². The van der Waals surface area contributed by atoms with Gasteiger partial charge in [0.25, 0.3) is 0 Å². The molecule has 1 unspecified atom stereocenters. The fourth-order valence-corrected chi connectivity index (χ4v) is 3.25. The summed E-state index contributed by atoms with van der Waals surface area (Å²) in [5.41, 5.74) is 1.20. The summed E-state index contributed by atoms with van der Waals surface area (Å²) in [5.74, 6) is 3.09. The van der Waals surface area contributed by atoms with Crippen molar-refractivity contribution in [1.29, 1.82) is 0 Å². The number of aromatic nitrogens is 1. The van der Waals surface area contributed by atoms with E-state index in [2.05, 4.69) is 44.8 Å². The van der Waals surface area contributed by atoms with E-state index in [1.807, 2.05) is 31.1 Å². The van der Waals surface area contributed by atoms with Gasteiger partial charge in [-0.25, -0.2) is 4.98 Å². The van der Waals surface area contributed by atoms with E-state index in [1.54, 1.807) is 0 Å². The predicted octanol–water partition coefficient (Wildman–Crippen LogP) is 2.11. The van der Waals surface area contributed by atoms with E-state index in [9.17, 15) is 0 Å². The molecule has 0 aliphatic carbocycles. The van der Waals surface area contributed by atoms with E-state index >= 15 is 0 Å². The first-order valence-electron chi connectivity index (χ1n) is 8.98. The lowest BCUT2D eigenvalue weighted by atomic mass is 10.2. The van der Waals surface area contributed by atoms with Crippen molar-refractivity contribution in [2.45, 2.75) is 32.4 Å². The number of guanidine groups is 1. The van der Waals surface area contributed by atoms with Crippen LogP contribution in [0.5, 0.6) is 0 Å². The molecule has 1 atom stereocenters. The van der Waals surface area contributed by atoms with E-state index in [-0.39, 0.29) is 6.10 Å². The number of anilines is 1. The number of nitrogens with zero attached hydrogens (tertiary/aromatic N) is 3. The SMILES string of the molecule is CN=C(NCCCCSC)NCc1ccnc(N2CCOC(C)C2)c1. The van der Waals surface area contributed by atoms with Gasteiger partial charge in [0.2, 0.25) is 0 Å². The number of thioether (sulfide) groups is 1. The van der Waals surface area contributed by atoms with Crippen LogP contribution in [0.4, 0.5) is 5.82 Å². The monoisotopic (exact) mass is 365 g/mol. The van der Waals surface area contributed by atoms with Crippen molar-refractivity contribution < 1.29 is 4.74 Å². The summed E-state index contributed by atoms with van der Waals surface area (Å²) in [6, 6.07) is 4.20. The number of pyridine rings is 1. The van der Waals surface area contributed by atoms with E-state index in [0.717, 1.165) is 51.0 Å². The molecule has 0 radical (unpaired) electrons. The number of nitrogens with one attached hydrogen (secondary N) is 2. The summed E-state index contributed by atoms with van der Waals surface area (Å²) in [7, 11) is 1.81. The van der Waals surface area contributed by atoms with Gasteiger partial charge in [-0.3, -0.25) is 4.99 Å². The molecule has 0 saturated carbocycles. The van der Waals surface area contributed by atoms with Crippen LogP contribution >= 0.6 is 11.8 Å². The molecule has 0 amide bonds. The molecule has 1 aromatic heterocycles. The normalized spacial score (nSPS) is 18.3. The summed E-state index contributed by atoms with van der Waals surface area (Å²) >= 11 is 1.90. The van der Waals surface area contributed by atoms with Crippen molar-refractivity contribution >= 4 is 23.5 Å². The largest absolute Gasteiger partial charge is 0.375 e. The summed E-state index contributed by atoms with van der Waals surface area (Å²) in [4.78, 5) is 11.1. The Labute approximate surface area is 155 Å². The molecule has 1 aromatic rings. The third kappa shape index (κ3) is 7.12. The number of hydrogen-bond acceptors (Lipinski definition) is 5. The Morgan fingerprint density at radius 2 is 2.32 bits per heavy atom. The van der Waals surface area contributed by atoms with Crippen LogP contribution in [0.15, 0.2) is 23.3 Å². The van der Waals surface area contributed by atoms with Crippen LogP contribution in [0.2, 0.25) is 0 Å². The van der Waals surface area contributed by atoms with Gasteiger partial charge in [0.1, 0.15) is 5.82 Å². The molecule has 1 aliphatic heterocycles. The highest BCUT2D eigenvalue weighted by molar-refractivity contribution is 7.98. The van der Waals surface area contributed by atoms with Gasteiger partial charge in [-0.1, -0.05) is 0 Å². The molecule has 2 N–H and O–H groups in total. The summed E-state index contributed by atoms with van der Waals surface area (Å²) in [6.45, 7) is 6.34. The van der Waals surface area contributed by atoms with E-state index in [1.165, 1.54) is 17.7 Å². The third-order valence-electron chi connectivity index (χ3n) is 4.13. The number of rotatable bonds is 8. The topological polar surface area (TPSA) is 61.8 Å². The minimum atomic E-state index is 0.256. The standard InChI is InChI=1S/C18H31N5OS/c1-15-14-23(9-10-24-15)17-12-16(6-8-20-17)13-22-18(19-2)21-7-4-5-11-25-3/h6,8,12,15H,4-5,7,9-11,13-14H2,1-3H3,(H2,19,21,22). The fourth-order valence-electron chi connectivity index (χ4n) is 2.75. The lowest BCUT2D eigenvalue weighted by molar-refractivity contribution is 0.0529. The molecule has 2 heterocycles. The van der Waals surface area contributed by atoms with Crippen LogP contribution < -0.4 is 15.5 Å². The Morgan fingerprint density at radius 3 is 3.08 bits per heavy atom. The molecule has 140 valence electrons. The first kappa shape index (κ1) is 19.8. The predicted molar refractivity (Wildman–Crippen MR) is 108 cm³/mol. The average Bonchev–Trinajstić information content (AvgIpc) is 2.64. The smallest absolute Gasteiger partial charge is 0.191 e. The van der Waals surface area contributed by atoms with Crippen molar-refractivity contribution in [3.8, 4) is 0 Å². The number of ether oxygens (including phenoxy) is 1. The summed E-state index contributed by atoms with van der Waals surface area (Å²) in [5, 5.41) is 6.75. The number of morpholine rings is 1. The second-order valence-corrected chi connectivity index (χ2v) is 7.19. The van der Waals surface area contributed by atoms with E-state index in [0.29, 0.717) is 0 Å². The zero-order valence-electron chi connectivity index (χ0n) is 15.6. The Balaban J connectivity index is 1.80. The maximum absolute atomic E-state index is 5.61. The zero-order chi connectivity index (χ0) is 17.9. The minimum Gasteiger partial charge on any atom is -0.375 e. The van der Waals surface area contributed by atoms with Crippen LogP contribution in [0.3, 0.4) is 0 Å². The highest BCUT2D eigenvalue weighted by Crippen LogP contribution is 2.16. The van der Waals surface area contributed by atoms with Gasteiger partial charge in [-0.2, -0.15) is 11.8 Å². The second-order valence-electron chi connectivity index (χ2n) is 6.20. The average molecular weight is 366 g/mol. The van der Waals surface area contributed by atoms with Gasteiger partial charge in [-0.15, -0.1) is 0 Å². The summed E-state index contributed by atoms with van der Waals surface area (Å²) in [6.07, 6.45) is 6.68. The molecule has 1 fully saturated rings. The van der Waals surface area contributed by atoms with E-state index in [4.69, 9.17) is 4.74 Å². The Kier molecular flexibility index (Phi) is 8.90. The van der Waals surface area contributed by atoms with Crippen molar-refractivity contribution in [2.75, 3.05) is 50.2 Å². The molecule has 0 aromatic carbocycles. The highest BCUT2D eigenvalue weighted by atomic mass is 32.2. The molecule has 0 bridgehead atoms. The number of hydrogen-bond donors (Lipinski definition) is 2. The van der Waals surface area contributed by atoms with Crippen LogP contribution in [-0.2, 0) is 11.3 Å². The molecule has 7 heteroatoms. The van der Waals surface area contributed by atoms with Gasteiger partial charge in [0.15, 0.2) is 5.96 Å². The zero-order valence-corrected chi connectivity index (χ0v) is 16.4. The van der Waals surface area contributed by atoms with Crippen molar-refractivity contribution in [3.63, 3.8) is 0 Å². The lowest BCUT2D eigenvalue weighted by Crippen LogP contribution is -2.41. The minimum absolute atomic E-state index is 0.256. The first-order chi connectivity index (χ1) is 12.2. The Hall–Kier alpha value is -1.47.